The highest BCUT2D eigenvalue weighted by Gasteiger charge is 2.33. The maximum Gasteiger partial charge on any atom is 0.289 e. The fourth-order valence-electron chi connectivity index (χ4n) is 3.97. The predicted molar refractivity (Wildman–Crippen MR) is 117 cm³/mol. The van der Waals surface area contributed by atoms with Crippen LogP contribution in [0.1, 0.15) is 32.9 Å². The summed E-state index contributed by atoms with van der Waals surface area (Å²) in [5.74, 6) is 0.927. The average Bonchev–Trinajstić information content (AvgIpc) is 3.48. The van der Waals surface area contributed by atoms with Crippen LogP contribution in [0.3, 0.4) is 0 Å². The van der Waals surface area contributed by atoms with Gasteiger partial charge >= 0.3 is 0 Å². The van der Waals surface area contributed by atoms with Gasteiger partial charge in [0.25, 0.3) is 5.91 Å². The first-order valence-corrected chi connectivity index (χ1v) is 11.1. The molecule has 1 aromatic carbocycles. The van der Waals surface area contributed by atoms with Gasteiger partial charge in [-0.1, -0.05) is 35.1 Å². The molecule has 1 atom stereocenters. The van der Waals surface area contributed by atoms with Gasteiger partial charge in [-0.15, -0.1) is 5.10 Å². The first-order chi connectivity index (χ1) is 15.0. The molecule has 5 rings (SSSR count). The number of amides is 1. The van der Waals surface area contributed by atoms with E-state index in [0.717, 1.165) is 10.4 Å². The Labute approximate surface area is 187 Å². The number of nitrogens with zero attached hydrogens (tertiary/aromatic N) is 5. The summed E-state index contributed by atoms with van der Waals surface area (Å²) < 4.78 is 6.73. The molecule has 0 spiro atoms. The average molecular weight is 458 g/mol. The Kier molecular flexibility index (Phi) is 5.17. The summed E-state index contributed by atoms with van der Waals surface area (Å²) >= 11 is 7.70. The number of carbonyl (C=O) groups is 1. The van der Waals surface area contributed by atoms with Crippen molar-refractivity contribution in [1.82, 2.24) is 24.4 Å². The number of halogens is 1. The lowest BCUT2D eigenvalue weighted by molar-refractivity contribution is 0.0568. The zero-order valence-corrected chi connectivity index (χ0v) is 18.3. The molecule has 3 aromatic heterocycles. The quantitative estimate of drug-likeness (QED) is 0.504. The Morgan fingerprint density at radius 1 is 1.23 bits per heavy atom. The van der Waals surface area contributed by atoms with Crippen LogP contribution in [0.15, 0.2) is 47.1 Å². The molecule has 0 aliphatic carbocycles. The number of hydrogen-bond acceptors (Lipinski definition) is 7. The number of carbonyl (C=O) groups excluding carboxylic acids is 1. The highest BCUT2D eigenvalue weighted by atomic mass is 35.5. The number of fused-ring (bicyclic) bond motifs is 1. The molecule has 1 amide bonds. The SMILES string of the molecule is Cc1nc2sc(C(c3cccc(Cl)c3)N3CCN(C(=O)c4ccco4)CC3)c(O)n2n1. The van der Waals surface area contributed by atoms with E-state index in [2.05, 4.69) is 15.0 Å². The topological polar surface area (TPSA) is 87.1 Å². The van der Waals surface area contributed by atoms with E-state index in [1.54, 1.807) is 24.0 Å². The van der Waals surface area contributed by atoms with E-state index in [0.29, 0.717) is 47.7 Å². The summed E-state index contributed by atoms with van der Waals surface area (Å²) in [5, 5.41) is 15.9. The molecular formula is C21H20ClN5O3S. The minimum atomic E-state index is -0.228. The molecule has 0 radical (unpaired) electrons. The molecule has 160 valence electrons. The van der Waals surface area contributed by atoms with Crippen molar-refractivity contribution in [1.29, 1.82) is 0 Å². The number of aromatic hydroxyl groups is 1. The lowest BCUT2D eigenvalue weighted by Gasteiger charge is -2.38. The number of thiazole rings is 1. The van der Waals surface area contributed by atoms with Gasteiger partial charge in [-0.05, 0) is 36.8 Å². The lowest BCUT2D eigenvalue weighted by Crippen LogP contribution is -2.49. The summed E-state index contributed by atoms with van der Waals surface area (Å²) in [6, 6.07) is 10.8. The Morgan fingerprint density at radius 2 is 2.03 bits per heavy atom. The standard InChI is InChI=1S/C21H20ClN5O3S/c1-13-23-21-27(24-13)20(29)18(31-21)17(14-4-2-5-15(22)12-14)25-7-9-26(10-8-25)19(28)16-6-3-11-30-16/h2-6,11-12,17,29H,7-10H2,1H3. The summed E-state index contributed by atoms with van der Waals surface area (Å²) in [6.45, 7) is 4.17. The fourth-order valence-corrected chi connectivity index (χ4v) is 5.33. The predicted octanol–water partition coefficient (Wildman–Crippen LogP) is 3.60. The lowest BCUT2D eigenvalue weighted by atomic mass is 10.0. The second-order valence-corrected chi connectivity index (χ2v) is 8.85. The number of aromatic nitrogens is 3. The van der Waals surface area contributed by atoms with Gasteiger partial charge in [-0.3, -0.25) is 9.69 Å². The Morgan fingerprint density at radius 3 is 2.71 bits per heavy atom. The second kappa shape index (κ2) is 7.99. The van der Waals surface area contributed by atoms with Crippen LogP contribution in [0.25, 0.3) is 4.96 Å². The molecule has 31 heavy (non-hydrogen) atoms. The van der Waals surface area contributed by atoms with Gasteiger partial charge in [0.1, 0.15) is 5.82 Å². The molecule has 1 unspecified atom stereocenters. The van der Waals surface area contributed by atoms with Crippen LogP contribution in [-0.4, -0.2) is 61.6 Å². The molecule has 1 saturated heterocycles. The monoisotopic (exact) mass is 457 g/mol. The van der Waals surface area contributed by atoms with Gasteiger partial charge in [0.05, 0.1) is 17.2 Å². The zero-order chi connectivity index (χ0) is 21.5. The summed E-state index contributed by atoms with van der Waals surface area (Å²) in [6.07, 6.45) is 1.50. The van der Waals surface area contributed by atoms with Gasteiger partial charge in [-0.25, -0.2) is 4.98 Å². The molecule has 1 aliphatic rings. The van der Waals surface area contributed by atoms with Crippen molar-refractivity contribution in [2.45, 2.75) is 13.0 Å². The van der Waals surface area contributed by atoms with Gasteiger partial charge in [0.2, 0.25) is 10.8 Å². The summed E-state index contributed by atoms with van der Waals surface area (Å²) in [7, 11) is 0. The first kappa shape index (κ1) is 20.0. The normalized spacial score (nSPS) is 16.1. The first-order valence-electron chi connectivity index (χ1n) is 9.88. The van der Waals surface area contributed by atoms with Crippen LogP contribution in [0.4, 0.5) is 0 Å². The smallest absolute Gasteiger partial charge is 0.289 e. The van der Waals surface area contributed by atoms with Crippen molar-refractivity contribution in [3.63, 3.8) is 0 Å². The van der Waals surface area contributed by atoms with E-state index in [1.807, 2.05) is 24.3 Å². The molecule has 0 bridgehead atoms. The number of furan rings is 1. The van der Waals surface area contributed by atoms with E-state index in [-0.39, 0.29) is 17.8 Å². The number of rotatable bonds is 4. The van der Waals surface area contributed by atoms with Crippen LogP contribution in [0.2, 0.25) is 5.02 Å². The van der Waals surface area contributed by atoms with Gasteiger partial charge in [-0.2, -0.15) is 4.52 Å². The third-order valence-corrected chi connectivity index (χ3v) is 6.72. The molecular weight excluding hydrogens is 438 g/mol. The van der Waals surface area contributed by atoms with Crippen molar-refractivity contribution >= 4 is 33.8 Å². The Balaban J connectivity index is 1.46. The van der Waals surface area contributed by atoms with Crippen LogP contribution in [0.5, 0.6) is 5.88 Å². The molecule has 1 fully saturated rings. The van der Waals surface area contributed by atoms with Crippen LogP contribution < -0.4 is 0 Å². The number of hydrogen-bond donors (Lipinski definition) is 1. The highest BCUT2D eigenvalue weighted by Crippen LogP contribution is 2.40. The Hall–Kier alpha value is -2.88. The van der Waals surface area contributed by atoms with Crippen molar-refractivity contribution in [2.75, 3.05) is 26.2 Å². The molecule has 4 heterocycles. The van der Waals surface area contributed by atoms with Crippen LogP contribution in [-0.2, 0) is 0 Å². The van der Waals surface area contributed by atoms with E-state index in [1.165, 1.54) is 22.1 Å². The maximum atomic E-state index is 12.6. The Bertz CT molecular complexity index is 1230. The van der Waals surface area contributed by atoms with Crippen molar-refractivity contribution in [2.24, 2.45) is 0 Å². The van der Waals surface area contributed by atoms with Gasteiger partial charge in [0.15, 0.2) is 5.76 Å². The minimum absolute atomic E-state index is 0.0830. The third-order valence-electron chi connectivity index (χ3n) is 5.42. The third kappa shape index (κ3) is 3.69. The number of piperazine rings is 1. The van der Waals surface area contributed by atoms with Crippen LogP contribution in [0, 0.1) is 6.92 Å². The molecule has 4 aromatic rings. The van der Waals surface area contributed by atoms with Crippen molar-refractivity contribution in [3.8, 4) is 5.88 Å². The molecule has 1 aliphatic heterocycles. The van der Waals surface area contributed by atoms with Gasteiger partial charge < -0.3 is 14.4 Å². The number of aryl methyl sites for hydroxylation is 1. The second-order valence-electron chi connectivity index (χ2n) is 7.41. The molecule has 0 saturated carbocycles. The van der Waals surface area contributed by atoms with E-state index in [4.69, 9.17) is 16.0 Å². The van der Waals surface area contributed by atoms with Crippen molar-refractivity contribution < 1.29 is 14.3 Å². The highest BCUT2D eigenvalue weighted by molar-refractivity contribution is 7.17. The molecule has 10 heteroatoms. The van der Waals surface area contributed by atoms with E-state index < -0.39 is 0 Å². The van der Waals surface area contributed by atoms with Crippen LogP contribution >= 0.6 is 22.9 Å². The fraction of sp³-hybridized carbons (Fsp3) is 0.286. The summed E-state index contributed by atoms with van der Waals surface area (Å²) in [5.41, 5.74) is 0.967. The van der Waals surface area contributed by atoms with E-state index in [9.17, 15) is 9.90 Å². The molecule has 1 N–H and O–H groups in total. The zero-order valence-electron chi connectivity index (χ0n) is 16.7. The van der Waals surface area contributed by atoms with Crippen molar-refractivity contribution in [3.05, 3.63) is 69.7 Å². The maximum absolute atomic E-state index is 12.6. The van der Waals surface area contributed by atoms with Gasteiger partial charge in [0, 0.05) is 31.2 Å². The number of benzene rings is 1. The largest absolute Gasteiger partial charge is 0.492 e. The summed E-state index contributed by atoms with van der Waals surface area (Å²) in [4.78, 5) is 22.5. The minimum Gasteiger partial charge on any atom is -0.492 e. The molecule has 8 nitrogen and oxygen atoms in total. The van der Waals surface area contributed by atoms with E-state index >= 15 is 0 Å².